The molecule has 1 saturated heterocycles. The molecule has 29 heavy (non-hydrogen) atoms. The fourth-order valence-corrected chi connectivity index (χ4v) is 4.02. The molecule has 144 valence electrons. The molecule has 3 N–H and O–H groups in total. The van der Waals surface area contributed by atoms with Crippen molar-refractivity contribution in [1.82, 2.24) is 40.3 Å². The smallest absolute Gasteiger partial charge is 0.159 e. The van der Waals surface area contributed by atoms with Gasteiger partial charge in [-0.25, -0.2) is 15.0 Å². The van der Waals surface area contributed by atoms with Crippen LogP contribution >= 0.6 is 0 Å². The Labute approximate surface area is 165 Å². The molecule has 9 nitrogen and oxygen atoms in total. The molecular weight excluding hydrogens is 366 g/mol. The maximum Gasteiger partial charge on any atom is 0.159 e. The van der Waals surface area contributed by atoms with Crippen molar-refractivity contribution in [1.29, 1.82) is 0 Å². The largest absolute Gasteiger partial charge is 0.355 e. The fourth-order valence-electron chi connectivity index (χ4n) is 4.02. The molecule has 0 saturated carbocycles. The predicted octanol–water partition coefficient (Wildman–Crippen LogP) is 3.28. The maximum atomic E-state index is 4.88. The van der Waals surface area contributed by atoms with Crippen molar-refractivity contribution in [2.45, 2.75) is 19.3 Å². The number of piperidine rings is 1. The number of imidazole rings is 1. The molecule has 6 heterocycles. The van der Waals surface area contributed by atoms with E-state index in [0.717, 1.165) is 57.8 Å². The molecular formula is C20H19N9. The molecule has 0 unspecified atom stereocenters. The van der Waals surface area contributed by atoms with Gasteiger partial charge in [0.1, 0.15) is 11.2 Å². The maximum absolute atomic E-state index is 4.88. The van der Waals surface area contributed by atoms with Crippen LogP contribution in [0.15, 0.2) is 36.9 Å². The normalized spacial score (nSPS) is 14.8. The first-order chi connectivity index (χ1) is 14.4. The summed E-state index contributed by atoms with van der Waals surface area (Å²) in [7, 11) is 0. The number of anilines is 1. The lowest BCUT2D eigenvalue weighted by atomic mass is 10.1. The first-order valence-electron chi connectivity index (χ1n) is 9.80. The minimum Gasteiger partial charge on any atom is -0.355 e. The zero-order chi connectivity index (χ0) is 19.2. The van der Waals surface area contributed by atoms with Crippen LogP contribution in [0.2, 0.25) is 0 Å². The number of rotatable bonds is 3. The van der Waals surface area contributed by atoms with Crippen LogP contribution < -0.4 is 4.90 Å². The van der Waals surface area contributed by atoms with Crippen molar-refractivity contribution in [2.75, 3.05) is 18.0 Å². The summed E-state index contributed by atoms with van der Waals surface area (Å²) in [5, 5.41) is 15.3. The SMILES string of the molecule is c1cc2[nH]c(-c3n[nH]c4ncc(-c5cn[nH]c5)cc34)nc2c(N2CCCCC2)n1. The molecule has 0 aromatic carbocycles. The molecule has 0 radical (unpaired) electrons. The number of aromatic amines is 3. The van der Waals surface area contributed by atoms with E-state index in [1.165, 1.54) is 19.3 Å². The summed E-state index contributed by atoms with van der Waals surface area (Å²) in [5.41, 5.74) is 5.28. The molecule has 5 aromatic heterocycles. The number of nitrogens with zero attached hydrogens (tertiary/aromatic N) is 6. The van der Waals surface area contributed by atoms with E-state index in [4.69, 9.17) is 4.98 Å². The van der Waals surface area contributed by atoms with Gasteiger partial charge in [-0.2, -0.15) is 10.2 Å². The number of fused-ring (bicyclic) bond motifs is 2. The lowest BCUT2D eigenvalue weighted by Gasteiger charge is -2.27. The van der Waals surface area contributed by atoms with Crippen LogP contribution in [-0.4, -0.2) is 53.4 Å². The predicted molar refractivity (Wildman–Crippen MR) is 110 cm³/mol. The zero-order valence-corrected chi connectivity index (χ0v) is 15.7. The average molecular weight is 385 g/mol. The summed E-state index contributed by atoms with van der Waals surface area (Å²) in [4.78, 5) is 19.8. The molecule has 0 spiro atoms. The van der Waals surface area contributed by atoms with Gasteiger partial charge >= 0.3 is 0 Å². The van der Waals surface area contributed by atoms with Gasteiger partial charge in [0.25, 0.3) is 0 Å². The summed E-state index contributed by atoms with van der Waals surface area (Å²) < 4.78 is 0. The first-order valence-corrected chi connectivity index (χ1v) is 9.80. The van der Waals surface area contributed by atoms with Crippen molar-refractivity contribution in [2.24, 2.45) is 0 Å². The Bertz CT molecular complexity index is 1290. The molecule has 0 aliphatic carbocycles. The lowest BCUT2D eigenvalue weighted by molar-refractivity contribution is 0.574. The second-order valence-electron chi connectivity index (χ2n) is 7.34. The number of pyridine rings is 2. The lowest BCUT2D eigenvalue weighted by Crippen LogP contribution is -2.30. The van der Waals surface area contributed by atoms with E-state index >= 15 is 0 Å². The van der Waals surface area contributed by atoms with Crippen LogP contribution in [0.1, 0.15) is 19.3 Å². The van der Waals surface area contributed by atoms with Crippen LogP contribution in [0.25, 0.3) is 44.7 Å². The van der Waals surface area contributed by atoms with Crippen molar-refractivity contribution in [3.63, 3.8) is 0 Å². The van der Waals surface area contributed by atoms with Gasteiger partial charge in [-0.05, 0) is 31.4 Å². The highest BCUT2D eigenvalue weighted by Crippen LogP contribution is 2.31. The number of H-pyrrole nitrogens is 3. The van der Waals surface area contributed by atoms with E-state index in [9.17, 15) is 0 Å². The Morgan fingerprint density at radius 2 is 1.93 bits per heavy atom. The molecule has 6 rings (SSSR count). The second kappa shape index (κ2) is 6.40. The van der Waals surface area contributed by atoms with E-state index in [1.807, 2.05) is 24.7 Å². The Morgan fingerprint density at radius 3 is 2.79 bits per heavy atom. The number of hydrogen-bond acceptors (Lipinski definition) is 6. The van der Waals surface area contributed by atoms with E-state index in [-0.39, 0.29) is 0 Å². The van der Waals surface area contributed by atoms with E-state index < -0.39 is 0 Å². The average Bonchev–Trinajstić information content (AvgIpc) is 3.52. The summed E-state index contributed by atoms with van der Waals surface area (Å²) >= 11 is 0. The van der Waals surface area contributed by atoms with Crippen LogP contribution in [0.5, 0.6) is 0 Å². The Morgan fingerprint density at radius 1 is 1.00 bits per heavy atom. The fraction of sp³-hybridized carbons (Fsp3) is 0.250. The van der Waals surface area contributed by atoms with Gasteiger partial charge < -0.3 is 9.88 Å². The third kappa shape index (κ3) is 2.65. The van der Waals surface area contributed by atoms with Gasteiger partial charge in [0.15, 0.2) is 17.3 Å². The van der Waals surface area contributed by atoms with Gasteiger partial charge in [-0.1, -0.05) is 0 Å². The highest BCUT2D eigenvalue weighted by atomic mass is 15.2. The molecule has 9 heteroatoms. The van der Waals surface area contributed by atoms with Crippen molar-refractivity contribution in [3.05, 3.63) is 36.9 Å². The summed E-state index contributed by atoms with van der Waals surface area (Å²) in [6.07, 6.45) is 11.0. The summed E-state index contributed by atoms with van der Waals surface area (Å²) in [6, 6.07) is 4.02. The zero-order valence-electron chi connectivity index (χ0n) is 15.7. The summed E-state index contributed by atoms with van der Waals surface area (Å²) in [5.74, 6) is 1.66. The van der Waals surface area contributed by atoms with Gasteiger partial charge in [-0.15, -0.1) is 0 Å². The molecule has 0 amide bonds. The molecule has 0 atom stereocenters. The molecule has 1 aliphatic rings. The van der Waals surface area contributed by atoms with Gasteiger partial charge in [-0.3, -0.25) is 10.2 Å². The molecule has 5 aromatic rings. The summed E-state index contributed by atoms with van der Waals surface area (Å²) in [6.45, 7) is 2.05. The molecule has 1 fully saturated rings. The van der Waals surface area contributed by atoms with Crippen molar-refractivity contribution in [3.8, 4) is 22.6 Å². The highest BCUT2D eigenvalue weighted by Gasteiger charge is 2.20. The minimum atomic E-state index is 0.712. The third-order valence-corrected chi connectivity index (χ3v) is 5.51. The van der Waals surface area contributed by atoms with E-state index in [2.05, 4.69) is 46.3 Å². The van der Waals surface area contributed by atoms with Crippen molar-refractivity contribution < 1.29 is 0 Å². The number of aromatic nitrogens is 8. The Kier molecular flexibility index (Phi) is 3.58. The highest BCUT2D eigenvalue weighted by molar-refractivity contribution is 5.95. The number of hydrogen-bond donors (Lipinski definition) is 3. The topological polar surface area (TPSA) is 115 Å². The molecule has 0 bridgehead atoms. The number of nitrogens with one attached hydrogen (secondary N) is 3. The van der Waals surface area contributed by atoms with Crippen molar-refractivity contribution >= 4 is 27.9 Å². The van der Waals surface area contributed by atoms with E-state index in [1.54, 1.807) is 6.20 Å². The van der Waals surface area contributed by atoms with Gasteiger partial charge in [0.05, 0.1) is 17.1 Å². The Hall–Kier alpha value is -3.75. The first kappa shape index (κ1) is 16.2. The van der Waals surface area contributed by atoms with Crippen LogP contribution in [0.4, 0.5) is 5.82 Å². The standard InChI is InChI=1S/C20H19N9/c1-2-6-29(7-3-1)20-17-15(4-5-21-20)25-19(26-17)16-14-8-12(13-10-23-24-11-13)9-22-18(14)28-27-16/h4-5,8-11H,1-3,6-7H2,(H,23,24)(H,25,26)(H,22,27,28). The monoisotopic (exact) mass is 385 g/mol. The minimum absolute atomic E-state index is 0.712. The quantitative estimate of drug-likeness (QED) is 0.439. The van der Waals surface area contributed by atoms with Crippen LogP contribution in [0.3, 0.4) is 0 Å². The van der Waals surface area contributed by atoms with Gasteiger partial charge in [0, 0.05) is 42.8 Å². The van der Waals surface area contributed by atoms with Crippen LogP contribution in [0, 0.1) is 0 Å². The molecule has 1 aliphatic heterocycles. The van der Waals surface area contributed by atoms with Gasteiger partial charge in [0.2, 0.25) is 0 Å². The van der Waals surface area contributed by atoms with E-state index in [0.29, 0.717) is 5.82 Å². The Balaban J connectivity index is 1.48. The van der Waals surface area contributed by atoms with Crippen LogP contribution in [-0.2, 0) is 0 Å². The third-order valence-electron chi connectivity index (χ3n) is 5.51. The second-order valence-corrected chi connectivity index (χ2v) is 7.34.